The maximum Gasteiger partial charge on any atom is 0.163 e. The van der Waals surface area contributed by atoms with Gasteiger partial charge in [0.05, 0.1) is 12.2 Å². The van der Waals surface area contributed by atoms with Gasteiger partial charge in [0.15, 0.2) is 5.82 Å². The molecule has 1 aromatic heterocycles. The van der Waals surface area contributed by atoms with E-state index in [2.05, 4.69) is 28.2 Å². The molecule has 3 saturated heterocycles. The molecular formula is C26H37N5O4. The van der Waals surface area contributed by atoms with Crippen molar-refractivity contribution in [2.45, 2.75) is 50.0 Å². The van der Waals surface area contributed by atoms with Crippen LogP contribution in [-0.4, -0.2) is 93.0 Å². The molecule has 3 aliphatic rings. The van der Waals surface area contributed by atoms with Crippen molar-refractivity contribution in [2.75, 3.05) is 63.4 Å². The molecule has 5 rings (SSSR count). The Hall–Kier alpha value is -2.46. The third-order valence-corrected chi connectivity index (χ3v) is 7.14. The second-order valence-corrected chi connectivity index (χ2v) is 9.78. The van der Waals surface area contributed by atoms with E-state index in [1.807, 2.05) is 31.3 Å². The van der Waals surface area contributed by atoms with Crippen LogP contribution in [0.15, 0.2) is 30.3 Å². The van der Waals surface area contributed by atoms with Crippen LogP contribution in [0.2, 0.25) is 0 Å². The monoisotopic (exact) mass is 483 g/mol. The van der Waals surface area contributed by atoms with Crippen LogP contribution < -0.4 is 19.9 Å². The van der Waals surface area contributed by atoms with E-state index < -0.39 is 6.10 Å². The molecule has 35 heavy (non-hydrogen) atoms. The summed E-state index contributed by atoms with van der Waals surface area (Å²) >= 11 is 0. The Morgan fingerprint density at radius 3 is 2.66 bits per heavy atom. The summed E-state index contributed by atoms with van der Waals surface area (Å²) < 4.78 is 17.5. The van der Waals surface area contributed by atoms with Crippen LogP contribution >= 0.6 is 0 Å². The molecule has 190 valence electrons. The molecule has 0 radical (unpaired) electrons. The molecule has 9 nitrogen and oxygen atoms in total. The van der Waals surface area contributed by atoms with Gasteiger partial charge >= 0.3 is 0 Å². The van der Waals surface area contributed by atoms with Gasteiger partial charge in [0, 0.05) is 57.6 Å². The molecule has 2 N–H and O–H groups in total. The highest BCUT2D eigenvalue weighted by atomic mass is 16.5. The molecule has 3 fully saturated rings. The Morgan fingerprint density at radius 2 is 1.91 bits per heavy atom. The smallest absolute Gasteiger partial charge is 0.163 e. The fraction of sp³-hybridized carbons (Fsp3) is 0.615. The molecule has 3 atom stereocenters. The van der Waals surface area contributed by atoms with Gasteiger partial charge in [-0.2, -0.15) is 0 Å². The second-order valence-electron chi connectivity index (χ2n) is 9.78. The van der Waals surface area contributed by atoms with Crippen molar-refractivity contribution in [1.29, 1.82) is 0 Å². The first-order valence-corrected chi connectivity index (χ1v) is 12.7. The van der Waals surface area contributed by atoms with Crippen LogP contribution in [0.25, 0.3) is 11.4 Å². The Kier molecular flexibility index (Phi) is 7.67. The molecule has 0 saturated carbocycles. The quantitative estimate of drug-likeness (QED) is 0.556. The minimum atomic E-state index is -0.570. The fourth-order valence-electron chi connectivity index (χ4n) is 5.17. The van der Waals surface area contributed by atoms with Gasteiger partial charge in [-0.15, -0.1) is 0 Å². The summed E-state index contributed by atoms with van der Waals surface area (Å²) in [4.78, 5) is 14.6. The van der Waals surface area contributed by atoms with E-state index in [0.29, 0.717) is 24.2 Å². The maximum absolute atomic E-state index is 10.0. The number of aliphatic hydroxyl groups excluding tert-OH is 1. The third kappa shape index (κ3) is 5.86. The van der Waals surface area contributed by atoms with Crippen LogP contribution in [-0.2, 0) is 9.47 Å². The van der Waals surface area contributed by atoms with Crippen molar-refractivity contribution in [3.05, 3.63) is 30.3 Å². The van der Waals surface area contributed by atoms with Crippen molar-refractivity contribution in [3.8, 4) is 17.1 Å². The van der Waals surface area contributed by atoms with E-state index in [0.717, 1.165) is 69.2 Å². The number of aliphatic hydroxyl groups is 1. The summed E-state index contributed by atoms with van der Waals surface area (Å²) in [6.45, 7) is 3.99. The highest BCUT2D eigenvalue weighted by Crippen LogP contribution is 2.33. The van der Waals surface area contributed by atoms with Crippen molar-refractivity contribution in [2.24, 2.45) is 0 Å². The number of aromatic nitrogens is 2. The number of hydrogen-bond donors (Lipinski definition) is 2. The summed E-state index contributed by atoms with van der Waals surface area (Å²) in [6.07, 6.45) is 4.21. The van der Waals surface area contributed by atoms with Gasteiger partial charge in [-0.05, 0) is 44.9 Å². The Balaban J connectivity index is 1.43. The highest BCUT2D eigenvalue weighted by Gasteiger charge is 2.35. The molecule has 3 aliphatic heterocycles. The predicted octanol–water partition coefficient (Wildman–Crippen LogP) is 2.09. The van der Waals surface area contributed by atoms with Crippen molar-refractivity contribution >= 4 is 11.6 Å². The van der Waals surface area contributed by atoms with Gasteiger partial charge < -0.3 is 34.4 Å². The van der Waals surface area contributed by atoms with Crippen LogP contribution in [0.3, 0.4) is 0 Å². The number of fused-ring (bicyclic) bond motifs is 2. The minimum absolute atomic E-state index is 0.222. The Morgan fingerprint density at radius 1 is 1.14 bits per heavy atom. The number of rotatable bonds is 9. The average molecular weight is 484 g/mol. The summed E-state index contributed by atoms with van der Waals surface area (Å²) in [7, 11) is 3.93. The van der Waals surface area contributed by atoms with Gasteiger partial charge in [-0.25, -0.2) is 9.97 Å². The van der Waals surface area contributed by atoms with Gasteiger partial charge in [0.25, 0.3) is 0 Å². The number of likely N-dealkylation sites (N-methyl/N-ethyl adjacent to an activating group) is 1. The lowest BCUT2D eigenvalue weighted by Gasteiger charge is -2.35. The van der Waals surface area contributed by atoms with E-state index in [4.69, 9.17) is 24.2 Å². The maximum atomic E-state index is 10.0. The number of morpholine rings is 1. The lowest BCUT2D eigenvalue weighted by atomic mass is 10.1. The first-order valence-electron chi connectivity index (χ1n) is 12.7. The van der Waals surface area contributed by atoms with Gasteiger partial charge in [-0.3, -0.25) is 0 Å². The summed E-state index contributed by atoms with van der Waals surface area (Å²) in [5, 5.41) is 13.0. The predicted molar refractivity (Wildman–Crippen MR) is 135 cm³/mol. The van der Waals surface area contributed by atoms with Gasteiger partial charge in [0.1, 0.15) is 30.1 Å². The third-order valence-electron chi connectivity index (χ3n) is 7.14. The second kappa shape index (κ2) is 11.1. The molecule has 0 spiro atoms. The summed E-state index contributed by atoms with van der Waals surface area (Å²) in [5.74, 6) is 3.23. The topological polar surface area (TPSA) is 92.2 Å². The summed E-state index contributed by atoms with van der Waals surface area (Å²) in [5.41, 5.74) is 0.894. The molecule has 4 heterocycles. The van der Waals surface area contributed by atoms with E-state index in [9.17, 15) is 5.11 Å². The van der Waals surface area contributed by atoms with E-state index in [1.165, 1.54) is 0 Å². The molecule has 1 aromatic carbocycles. The van der Waals surface area contributed by atoms with Crippen LogP contribution in [0.4, 0.5) is 11.6 Å². The van der Waals surface area contributed by atoms with Crippen molar-refractivity contribution < 1.29 is 19.3 Å². The van der Waals surface area contributed by atoms with Gasteiger partial charge in [-0.1, -0.05) is 12.1 Å². The fourth-order valence-corrected chi connectivity index (χ4v) is 5.17. The summed E-state index contributed by atoms with van der Waals surface area (Å²) in [6, 6.07) is 10.3. The highest BCUT2D eigenvalue weighted by molar-refractivity contribution is 5.64. The number of anilines is 2. The Labute approximate surface area is 207 Å². The molecule has 2 bridgehead atoms. The van der Waals surface area contributed by atoms with E-state index in [1.54, 1.807) is 0 Å². The molecule has 2 aromatic rings. The molecule has 0 amide bonds. The lowest BCUT2D eigenvalue weighted by Crippen LogP contribution is -2.43. The molecule has 0 aliphatic carbocycles. The van der Waals surface area contributed by atoms with Crippen molar-refractivity contribution in [3.63, 3.8) is 0 Å². The number of benzene rings is 1. The zero-order valence-corrected chi connectivity index (χ0v) is 20.7. The van der Waals surface area contributed by atoms with Crippen LogP contribution in [0.1, 0.15) is 25.7 Å². The molecule has 3 unspecified atom stereocenters. The van der Waals surface area contributed by atoms with E-state index in [-0.39, 0.29) is 18.8 Å². The van der Waals surface area contributed by atoms with Crippen molar-refractivity contribution in [1.82, 2.24) is 15.3 Å². The normalized spacial score (nSPS) is 23.3. The van der Waals surface area contributed by atoms with E-state index >= 15 is 0 Å². The SMILES string of the molecule is CNCC(O)COc1cccc(-c2nc(N3CC4CCC(C3)O4)cc(N(C)C3CCOCC3)n2)c1. The number of nitrogens with one attached hydrogen (secondary N) is 1. The minimum Gasteiger partial charge on any atom is -0.491 e. The largest absolute Gasteiger partial charge is 0.491 e. The van der Waals surface area contributed by atoms with Crippen LogP contribution in [0.5, 0.6) is 5.75 Å². The zero-order valence-electron chi connectivity index (χ0n) is 20.7. The number of ether oxygens (including phenoxy) is 3. The first kappa shape index (κ1) is 24.2. The zero-order chi connectivity index (χ0) is 24.2. The lowest BCUT2D eigenvalue weighted by molar-refractivity contribution is 0.0302. The standard InChI is InChI=1S/C26H37N5O4/c1-27-14-20(32)17-34-21-5-3-4-18(12-21)26-28-24(30(2)19-8-10-33-11-9-19)13-25(29-26)31-15-22-6-7-23(16-31)35-22/h3-5,12-13,19-20,22-23,27,32H,6-11,14-17H2,1-2H3. The van der Waals surface area contributed by atoms with Crippen LogP contribution in [0, 0.1) is 0 Å². The molecule has 9 heteroatoms. The Bertz CT molecular complexity index is 974. The number of nitrogens with zero attached hydrogens (tertiary/aromatic N) is 4. The molecular weight excluding hydrogens is 446 g/mol. The van der Waals surface area contributed by atoms with Gasteiger partial charge in [0.2, 0.25) is 0 Å². The number of hydrogen-bond acceptors (Lipinski definition) is 9. The average Bonchev–Trinajstić information content (AvgIpc) is 3.24. The first-order chi connectivity index (χ1) is 17.1.